The maximum absolute atomic E-state index is 11.9. The summed E-state index contributed by atoms with van der Waals surface area (Å²) in [5, 5.41) is 19.1. The van der Waals surface area contributed by atoms with E-state index in [9.17, 15) is 4.79 Å². The van der Waals surface area contributed by atoms with Crippen LogP contribution in [-0.4, -0.2) is 27.8 Å². The first-order valence-corrected chi connectivity index (χ1v) is 6.56. The molecule has 0 aliphatic rings. The predicted molar refractivity (Wildman–Crippen MR) is 76.2 cm³/mol. The number of phenols is 1. The van der Waals surface area contributed by atoms with Crippen molar-refractivity contribution in [1.82, 2.24) is 15.5 Å². The number of hydrogen-bond acceptors (Lipinski definition) is 4. The Bertz CT molecular complexity index is 618. The van der Waals surface area contributed by atoms with Crippen LogP contribution in [0.15, 0.2) is 30.3 Å². The van der Waals surface area contributed by atoms with Crippen LogP contribution in [0.5, 0.6) is 5.75 Å². The number of nitrogens with zero attached hydrogens (tertiary/aromatic N) is 2. The highest BCUT2D eigenvalue weighted by molar-refractivity contribution is 6.34. The van der Waals surface area contributed by atoms with Gasteiger partial charge in [-0.25, -0.2) is 0 Å². The Morgan fingerprint density at radius 2 is 1.90 bits per heavy atom. The SMILES string of the molecule is O=C(NCCc1ccc(O)cc1)c1cc(Cl)nnc1Cl. The van der Waals surface area contributed by atoms with Crippen LogP contribution in [-0.2, 0) is 6.42 Å². The Morgan fingerprint density at radius 1 is 1.20 bits per heavy atom. The summed E-state index contributed by atoms with van der Waals surface area (Å²) >= 11 is 11.5. The third kappa shape index (κ3) is 3.82. The van der Waals surface area contributed by atoms with Gasteiger partial charge in [0.25, 0.3) is 5.91 Å². The summed E-state index contributed by atoms with van der Waals surface area (Å²) in [6.45, 7) is 0.430. The molecule has 20 heavy (non-hydrogen) atoms. The topological polar surface area (TPSA) is 75.1 Å². The van der Waals surface area contributed by atoms with Gasteiger partial charge in [0, 0.05) is 6.54 Å². The lowest BCUT2D eigenvalue weighted by Crippen LogP contribution is -2.26. The number of halogens is 2. The molecule has 5 nitrogen and oxygen atoms in total. The first kappa shape index (κ1) is 14.6. The Balaban J connectivity index is 1.92. The van der Waals surface area contributed by atoms with Crippen molar-refractivity contribution in [2.75, 3.05) is 6.54 Å². The van der Waals surface area contributed by atoms with Crippen molar-refractivity contribution in [3.63, 3.8) is 0 Å². The zero-order valence-corrected chi connectivity index (χ0v) is 11.8. The molecule has 2 aromatic rings. The van der Waals surface area contributed by atoms with Gasteiger partial charge in [-0.05, 0) is 30.2 Å². The number of aromatic hydroxyl groups is 1. The smallest absolute Gasteiger partial charge is 0.254 e. The van der Waals surface area contributed by atoms with Crippen molar-refractivity contribution >= 4 is 29.1 Å². The zero-order chi connectivity index (χ0) is 14.5. The highest BCUT2D eigenvalue weighted by atomic mass is 35.5. The van der Waals surface area contributed by atoms with Gasteiger partial charge in [0.2, 0.25) is 0 Å². The third-order valence-corrected chi connectivity index (χ3v) is 3.06. The standard InChI is InChI=1S/C13H11Cl2N3O2/c14-11-7-10(12(15)18-17-11)13(20)16-6-5-8-1-3-9(19)4-2-8/h1-4,7,19H,5-6H2,(H,16,20). The number of carbonyl (C=O) groups is 1. The minimum Gasteiger partial charge on any atom is -0.508 e. The van der Waals surface area contributed by atoms with Crippen molar-refractivity contribution in [3.05, 3.63) is 51.8 Å². The second-order valence-corrected chi connectivity index (χ2v) is 4.79. The summed E-state index contributed by atoms with van der Waals surface area (Å²) in [6.07, 6.45) is 0.635. The maximum Gasteiger partial charge on any atom is 0.254 e. The molecule has 0 bridgehead atoms. The number of benzene rings is 1. The largest absolute Gasteiger partial charge is 0.508 e. The highest BCUT2D eigenvalue weighted by Crippen LogP contribution is 2.15. The Kier molecular flexibility index (Phi) is 4.76. The highest BCUT2D eigenvalue weighted by Gasteiger charge is 2.12. The van der Waals surface area contributed by atoms with E-state index in [1.165, 1.54) is 6.07 Å². The van der Waals surface area contributed by atoms with Gasteiger partial charge < -0.3 is 10.4 Å². The van der Waals surface area contributed by atoms with Crippen LogP contribution in [0.25, 0.3) is 0 Å². The van der Waals surface area contributed by atoms with E-state index < -0.39 is 0 Å². The lowest BCUT2D eigenvalue weighted by Gasteiger charge is -2.06. The van der Waals surface area contributed by atoms with E-state index in [1.807, 2.05) is 0 Å². The minimum absolute atomic E-state index is 0.0107. The molecule has 0 saturated heterocycles. The average Bonchev–Trinajstić information content (AvgIpc) is 2.43. The second-order valence-electron chi connectivity index (χ2n) is 4.04. The molecule has 1 amide bonds. The summed E-state index contributed by atoms with van der Waals surface area (Å²) in [6, 6.07) is 8.15. The number of hydrogen-bond donors (Lipinski definition) is 2. The minimum atomic E-state index is -0.356. The van der Waals surface area contributed by atoms with Crippen molar-refractivity contribution in [2.24, 2.45) is 0 Å². The van der Waals surface area contributed by atoms with Crippen LogP contribution in [0.4, 0.5) is 0 Å². The molecule has 1 aromatic carbocycles. The maximum atomic E-state index is 11.9. The van der Waals surface area contributed by atoms with Gasteiger partial charge >= 0.3 is 0 Å². The van der Waals surface area contributed by atoms with Crippen LogP contribution in [0.3, 0.4) is 0 Å². The molecule has 7 heteroatoms. The van der Waals surface area contributed by atoms with E-state index in [-0.39, 0.29) is 27.5 Å². The van der Waals surface area contributed by atoms with E-state index in [2.05, 4.69) is 15.5 Å². The summed E-state index contributed by atoms with van der Waals surface area (Å²) in [5.41, 5.74) is 1.19. The van der Waals surface area contributed by atoms with E-state index in [0.29, 0.717) is 13.0 Å². The fourth-order valence-corrected chi connectivity index (χ4v) is 1.92. The number of rotatable bonds is 4. The molecule has 0 spiro atoms. The summed E-state index contributed by atoms with van der Waals surface area (Å²) in [4.78, 5) is 11.9. The molecule has 1 heterocycles. The lowest BCUT2D eigenvalue weighted by molar-refractivity contribution is 0.0953. The zero-order valence-electron chi connectivity index (χ0n) is 10.3. The van der Waals surface area contributed by atoms with E-state index in [4.69, 9.17) is 28.3 Å². The molecule has 1 aromatic heterocycles. The van der Waals surface area contributed by atoms with E-state index in [0.717, 1.165) is 5.56 Å². The van der Waals surface area contributed by atoms with Crippen LogP contribution < -0.4 is 5.32 Å². The van der Waals surface area contributed by atoms with E-state index >= 15 is 0 Å². The van der Waals surface area contributed by atoms with Gasteiger partial charge in [-0.2, -0.15) is 0 Å². The Morgan fingerprint density at radius 3 is 2.60 bits per heavy atom. The van der Waals surface area contributed by atoms with Gasteiger partial charge in [-0.3, -0.25) is 4.79 Å². The number of amides is 1. The summed E-state index contributed by atoms with van der Waals surface area (Å²) < 4.78 is 0. The van der Waals surface area contributed by atoms with E-state index in [1.54, 1.807) is 24.3 Å². The lowest BCUT2D eigenvalue weighted by atomic mass is 10.1. The van der Waals surface area contributed by atoms with Crippen LogP contribution >= 0.6 is 23.2 Å². The summed E-state index contributed by atoms with van der Waals surface area (Å²) in [5.74, 6) is -0.146. The monoisotopic (exact) mass is 311 g/mol. The molecule has 2 rings (SSSR count). The molecule has 0 aliphatic heterocycles. The van der Waals surface area contributed by atoms with Crippen molar-refractivity contribution < 1.29 is 9.90 Å². The average molecular weight is 312 g/mol. The number of aromatic nitrogens is 2. The molecule has 0 atom stereocenters. The molecular formula is C13H11Cl2N3O2. The quantitative estimate of drug-likeness (QED) is 0.909. The molecule has 2 N–H and O–H groups in total. The first-order chi connectivity index (χ1) is 9.56. The fraction of sp³-hybridized carbons (Fsp3) is 0.154. The molecule has 104 valence electrons. The van der Waals surface area contributed by atoms with Gasteiger partial charge in [-0.15, -0.1) is 10.2 Å². The molecule has 0 saturated carbocycles. The van der Waals surface area contributed by atoms with Gasteiger partial charge in [0.1, 0.15) is 5.75 Å². The number of carbonyl (C=O) groups excluding carboxylic acids is 1. The number of phenolic OH excluding ortho intramolecular Hbond substituents is 1. The van der Waals surface area contributed by atoms with Gasteiger partial charge in [0.15, 0.2) is 10.3 Å². The van der Waals surface area contributed by atoms with Gasteiger partial charge in [0.05, 0.1) is 5.56 Å². The predicted octanol–water partition coefficient (Wildman–Crippen LogP) is 2.46. The molecule has 0 radical (unpaired) electrons. The fourth-order valence-electron chi connectivity index (χ4n) is 1.59. The van der Waals surface area contributed by atoms with Crippen molar-refractivity contribution in [1.29, 1.82) is 0 Å². The third-order valence-electron chi connectivity index (χ3n) is 2.60. The Labute approximate surface area is 125 Å². The number of nitrogens with one attached hydrogen (secondary N) is 1. The van der Waals surface area contributed by atoms with Crippen molar-refractivity contribution in [3.8, 4) is 5.75 Å². The molecule has 0 fully saturated rings. The van der Waals surface area contributed by atoms with Crippen LogP contribution in [0.2, 0.25) is 10.3 Å². The van der Waals surface area contributed by atoms with Crippen LogP contribution in [0.1, 0.15) is 15.9 Å². The molecular weight excluding hydrogens is 301 g/mol. The second kappa shape index (κ2) is 6.54. The Hall–Kier alpha value is -1.85. The normalized spacial score (nSPS) is 10.3. The molecule has 0 aliphatic carbocycles. The first-order valence-electron chi connectivity index (χ1n) is 5.81. The van der Waals surface area contributed by atoms with Crippen LogP contribution in [0, 0.1) is 0 Å². The summed E-state index contributed by atoms with van der Waals surface area (Å²) in [7, 11) is 0. The van der Waals surface area contributed by atoms with Crippen molar-refractivity contribution in [2.45, 2.75) is 6.42 Å². The molecule has 0 unspecified atom stereocenters. The van der Waals surface area contributed by atoms with Gasteiger partial charge in [-0.1, -0.05) is 35.3 Å².